The molecule has 0 saturated carbocycles. The summed E-state index contributed by atoms with van der Waals surface area (Å²) >= 11 is 4.07. The molecule has 0 aliphatic heterocycles. The minimum Gasteiger partial charge on any atom is -0.480 e. The second kappa shape index (κ2) is 14.2. The summed E-state index contributed by atoms with van der Waals surface area (Å²) in [5.41, 5.74) is 11.6. The van der Waals surface area contributed by atoms with E-state index in [9.17, 15) is 29.1 Å². The molecule has 14 heteroatoms. The molecule has 34 heavy (non-hydrogen) atoms. The molecule has 0 spiro atoms. The van der Waals surface area contributed by atoms with Gasteiger partial charge >= 0.3 is 5.97 Å². The Morgan fingerprint density at radius 3 is 2.26 bits per heavy atom. The number of carbonyl (C=O) groups excluding carboxylic acids is 4. The summed E-state index contributed by atoms with van der Waals surface area (Å²) in [6, 6.07) is -4.49. The summed E-state index contributed by atoms with van der Waals surface area (Å²) in [6.07, 6.45) is 3.28. The highest BCUT2D eigenvalue weighted by molar-refractivity contribution is 7.80. The quantitative estimate of drug-likeness (QED) is 0.126. The molecule has 1 rings (SSSR count). The van der Waals surface area contributed by atoms with Crippen molar-refractivity contribution in [2.45, 2.75) is 63.7 Å². The third-order valence-corrected chi connectivity index (χ3v) is 5.60. The van der Waals surface area contributed by atoms with Crippen molar-refractivity contribution in [2.75, 3.05) is 5.75 Å². The first-order valence-electron chi connectivity index (χ1n) is 10.8. The van der Waals surface area contributed by atoms with Crippen molar-refractivity contribution >= 4 is 42.2 Å². The summed E-state index contributed by atoms with van der Waals surface area (Å²) < 4.78 is 0. The number of H-pyrrole nitrogens is 1. The van der Waals surface area contributed by atoms with E-state index in [-0.39, 0.29) is 30.9 Å². The van der Waals surface area contributed by atoms with Gasteiger partial charge in [0.1, 0.15) is 18.1 Å². The van der Waals surface area contributed by atoms with Gasteiger partial charge in [-0.25, -0.2) is 9.78 Å². The van der Waals surface area contributed by atoms with E-state index >= 15 is 0 Å². The number of hydrogen-bond donors (Lipinski definition) is 8. The fourth-order valence-corrected chi connectivity index (χ4v) is 3.22. The number of nitrogens with zero attached hydrogens (tertiary/aromatic N) is 1. The van der Waals surface area contributed by atoms with Gasteiger partial charge in [-0.3, -0.25) is 19.2 Å². The normalized spacial score (nSPS) is 15.3. The Morgan fingerprint density at radius 1 is 1.12 bits per heavy atom. The SMILES string of the molecule is CCC(C)C(NC(=O)C(N)Cc1cnc[nH]1)C(=O)NC(CS)C(=O)NC(CCC(N)=O)C(=O)O. The highest BCUT2D eigenvalue weighted by Gasteiger charge is 2.32. The number of imidazole rings is 1. The number of carboxylic acid groups (broad SMARTS) is 1. The van der Waals surface area contributed by atoms with Crippen molar-refractivity contribution in [3.8, 4) is 0 Å². The molecule has 1 aromatic rings. The van der Waals surface area contributed by atoms with Crippen molar-refractivity contribution in [1.82, 2.24) is 25.9 Å². The molecule has 190 valence electrons. The van der Waals surface area contributed by atoms with Crippen LogP contribution in [0.1, 0.15) is 38.8 Å². The third kappa shape index (κ3) is 9.39. The molecule has 4 amide bonds. The topological polar surface area (TPSA) is 222 Å². The molecule has 0 fully saturated rings. The first-order chi connectivity index (χ1) is 16.0. The highest BCUT2D eigenvalue weighted by atomic mass is 32.1. The van der Waals surface area contributed by atoms with E-state index in [0.29, 0.717) is 12.1 Å². The van der Waals surface area contributed by atoms with Crippen molar-refractivity contribution in [2.24, 2.45) is 17.4 Å². The number of primary amides is 1. The lowest BCUT2D eigenvalue weighted by molar-refractivity contribution is -0.142. The molecule has 0 aliphatic rings. The van der Waals surface area contributed by atoms with E-state index in [0.717, 1.165) is 0 Å². The molecule has 1 heterocycles. The maximum atomic E-state index is 13.0. The van der Waals surface area contributed by atoms with Gasteiger partial charge in [-0.2, -0.15) is 12.6 Å². The van der Waals surface area contributed by atoms with Crippen molar-refractivity contribution in [3.63, 3.8) is 0 Å². The van der Waals surface area contributed by atoms with Crippen LogP contribution in [-0.4, -0.2) is 74.6 Å². The minimum atomic E-state index is -1.37. The Balaban J connectivity index is 2.84. The van der Waals surface area contributed by atoms with E-state index in [1.807, 2.05) is 6.92 Å². The van der Waals surface area contributed by atoms with Crippen LogP contribution in [0.25, 0.3) is 0 Å². The fraction of sp³-hybridized carbons (Fsp3) is 0.600. The smallest absolute Gasteiger partial charge is 0.326 e. The second-order valence-electron chi connectivity index (χ2n) is 7.91. The zero-order valence-electron chi connectivity index (χ0n) is 19.1. The number of nitrogens with one attached hydrogen (secondary N) is 4. The van der Waals surface area contributed by atoms with E-state index in [1.54, 1.807) is 6.92 Å². The summed E-state index contributed by atoms with van der Waals surface area (Å²) in [5, 5.41) is 16.7. The highest BCUT2D eigenvalue weighted by Crippen LogP contribution is 2.10. The molecule has 0 saturated heterocycles. The van der Waals surface area contributed by atoms with E-state index in [4.69, 9.17) is 11.5 Å². The molecular formula is C20H33N7O6S. The standard InChI is InChI=1S/C20H33N7O6S/c1-3-10(2)16(27-17(29)12(21)6-11-7-23-9-24-11)19(31)26-14(8-34)18(30)25-13(20(32)33)4-5-15(22)28/h7,9-10,12-14,16,34H,3-6,8,21H2,1-2H3,(H2,22,28)(H,23,24)(H,25,30)(H,26,31)(H,27,29)(H,32,33). The minimum absolute atomic E-state index is 0.139. The van der Waals surface area contributed by atoms with Gasteiger partial charge in [0.05, 0.1) is 12.4 Å². The van der Waals surface area contributed by atoms with E-state index in [2.05, 4.69) is 38.5 Å². The summed E-state index contributed by atoms with van der Waals surface area (Å²) in [4.78, 5) is 67.1. The maximum Gasteiger partial charge on any atom is 0.326 e. The van der Waals surface area contributed by atoms with Gasteiger partial charge in [-0.05, 0) is 12.3 Å². The van der Waals surface area contributed by atoms with Gasteiger partial charge in [0.25, 0.3) is 0 Å². The van der Waals surface area contributed by atoms with Crippen LogP contribution >= 0.6 is 12.6 Å². The average Bonchev–Trinajstić information content (AvgIpc) is 3.29. The second-order valence-corrected chi connectivity index (χ2v) is 8.27. The molecule has 0 radical (unpaired) electrons. The number of aromatic amines is 1. The van der Waals surface area contributed by atoms with Gasteiger partial charge in [0, 0.05) is 30.5 Å². The predicted octanol–water partition coefficient (Wildman–Crippen LogP) is -1.94. The van der Waals surface area contributed by atoms with Crippen LogP contribution < -0.4 is 27.4 Å². The molecule has 5 unspecified atom stereocenters. The molecule has 1 aromatic heterocycles. The Kier molecular flexibility index (Phi) is 12.1. The molecular weight excluding hydrogens is 466 g/mol. The molecule has 0 bridgehead atoms. The lowest BCUT2D eigenvalue weighted by Crippen LogP contribution is -2.59. The average molecular weight is 500 g/mol. The maximum absolute atomic E-state index is 13.0. The molecule has 13 nitrogen and oxygen atoms in total. The van der Waals surface area contributed by atoms with Crippen LogP contribution in [0.3, 0.4) is 0 Å². The van der Waals surface area contributed by atoms with Crippen molar-refractivity contribution < 1.29 is 29.1 Å². The van der Waals surface area contributed by atoms with Crippen LogP contribution in [0.5, 0.6) is 0 Å². The Bertz CT molecular complexity index is 850. The number of thiol groups is 1. The number of hydrogen-bond acceptors (Lipinski definition) is 8. The van der Waals surface area contributed by atoms with Crippen LogP contribution in [0.15, 0.2) is 12.5 Å². The van der Waals surface area contributed by atoms with Crippen molar-refractivity contribution in [1.29, 1.82) is 0 Å². The largest absolute Gasteiger partial charge is 0.480 e. The molecule has 0 aliphatic carbocycles. The first kappa shape index (κ1) is 28.9. The van der Waals surface area contributed by atoms with Crippen LogP contribution in [0.4, 0.5) is 0 Å². The van der Waals surface area contributed by atoms with Gasteiger partial charge < -0.3 is 37.5 Å². The van der Waals surface area contributed by atoms with E-state index in [1.165, 1.54) is 12.5 Å². The third-order valence-electron chi connectivity index (χ3n) is 5.23. The van der Waals surface area contributed by atoms with Crippen LogP contribution in [0, 0.1) is 5.92 Å². The fourth-order valence-electron chi connectivity index (χ4n) is 2.96. The zero-order chi connectivity index (χ0) is 25.8. The van der Waals surface area contributed by atoms with Crippen LogP contribution in [-0.2, 0) is 30.4 Å². The summed E-state index contributed by atoms with van der Waals surface area (Å²) in [5.74, 6) is -4.50. The van der Waals surface area contributed by atoms with Crippen LogP contribution in [0.2, 0.25) is 0 Å². The zero-order valence-corrected chi connectivity index (χ0v) is 20.0. The van der Waals surface area contributed by atoms with Gasteiger partial charge in [0.2, 0.25) is 23.6 Å². The number of aliphatic carboxylic acids is 1. The molecule has 9 N–H and O–H groups in total. The van der Waals surface area contributed by atoms with Gasteiger partial charge in [0.15, 0.2) is 0 Å². The van der Waals surface area contributed by atoms with Gasteiger partial charge in [-0.15, -0.1) is 0 Å². The lowest BCUT2D eigenvalue weighted by atomic mass is 9.97. The van der Waals surface area contributed by atoms with Gasteiger partial charge in [-0.1, -0.05) is 20.3 Å². The number of amides is 4. The molecule has 5 atom stereocenters. The number of nitrogens with two attached hydrogens (primary N) is 2. The van der Waals surface area contributed by atoms with E-state index < -0.39 is 53.8 Å². The number of carbonyl (C=O) groups is 5. The summed E-state index contributed by atoms with van der Waals surface area (Å²) in [7, 11) is 0. The Hall–Kier alpha value is -3.13. The first-order valence-corrected chi connectivity index (χ1v) is 11.4. The Morgan fingerprint density at radius 2 is 1.76 bits per heavy atom. The molecule has 0 aromatic carbocycles. The number of carboxylic acids is 1. The lowest BCUT2D eigenvalue weighted by Gasteiger charge is -2.27. The monoisotopic (exact) mass is 499 g/mol. The number of rotatable bonds is 15. The predicted molar refractivity (Wildman–Crippen MR) is 125 cm³/mol. The summed E-state index contributed by atoms with van der Waals surface area (Å²) in [6.45, 7) is 3.59. The number of aromatic nitrogens is 2. The Labute approximate surface area is 202 Å². The van der Waals surface area contributed by atoms with Crippen molar-refractivity contribution in [3.05, 3.63) is 18.2 Å².